The number of carbonyl (C=O) groups is 4. The number of aromatic nitrogens is 2. The summed E-state index contributed by atoms with van der Waals surface area (Å²) >= 11 is 0. The van der Waals surface area contributed by atoms with Gasteiger partial charge in [-0.05, 0) is 60.7 Å². The molecule has 258 valence electrons. The topological polar surface area (TPSA) is 143 Å². The lowest BCUT2D eigenvalue weighted by Crippen LogP contribution is -2.54. The lowest BCUT2D eigenvalue weighted by molar-refractivity contribution is -0.136. The van der Waals surface area contributed by atoms with Crippen LogP contribution in [-0.2, 0) is 29.7 Å². The molecule has 0 bridgehead atoms. The molecule has 5 heterocycles. The fraction of sp³-hybridized carbons (Fsp3) is 0.351. The van der Waals surface area contributed by atoms with Gasteiger partial charge in [0.05, 0.1) is 36.3 Å². The number of fused-ring (bicyclic) bond motifs is 2. The molecule has 2 aromatic carbocycles. The molecule has 2 saturated heterocycles. The molecule has 0 saturated carbocycles. The summed E-state index contributed by atoms with van der Waals surface area (Å²) in [6.07, 6.45) is 6.25. The Morgan fingerprint density at radius 2 is 1.72 bits per heavy atom. The first-order chi connectivity index (χ1) is 24.1. The molecule has 13 heteroatoms. The number of nitrogens with zero attached hydrogens (tertiary/aromatic N) is 5. The maximum atomic E-state index is 13.6. The van der Waals surface area contributed by atoms with Crippen molar-refractivity contribution in [3.8, 4) is 22.6 Å². The molecule has 3 aliphatic heterocycles. The van der Waals surface area contributed by atoms with Gasteiger partial charge in [0.25, 0.3) is 17.4 Å². The van der Waals surface area contributed by atoms with Crippen LogP contribution < -0.4 is 20.3 Å². The Bertz CT molecular complexity index is 2100. The van der Waals surface area contributed by atoms with E-state index in [0.29, 0.717) is 47.6 Å². The number of hydrogen-bond donors (Lipinski definition) is 1. The van der Waals surface area contributed by atoms with Crippen LogP contribution in [0.2, 0.25) is 0 Å². The number of methoxy groups -OCH3 is 2. The van der Waals surface area contributed by atoms with Gasteiger partial charge in [0.2, 0.25) is 11.8 Å². The number of ether oxygens (including phenoxy) is 2. The minimum atomic E-state index is -1.00. The predicted octanol–water partition coefficient (Wildman–Crippen LogP) is 2.73. The number of piperidine rings is 1. The minimum absolute atomic E-state index is 0.0729. The van der Waals surface area contributed by atoms with E-state index in [9.17, 15) is 24.0 Å². The summed E-state index contributed by atoms with van der Waals surface area (Å²) in [5, 5.41) is 3.57. The Labute approximate surface area is 288 Å². The maximum Gasteiger partial charge on any atom is 0.262 e. The number of pyridine rings is 2. The van der Waals surface area contributed by atoms with Crippen molar-refractivity contribution in [2.45, 2.75) is 44.4 Å². The van der Waals surface area contributed by atoms with Gasteiger partial charge in [0.15, 0.2) is 0 Å². The largest absolute Gasteiger partial charge is 0.496 e. The first kappa shape index (κ1) is 33.1. The first-order valence-corrected chi connectivity index (χ1v) is 16.5. The summed E-state index contributed by atoms with van der Waals surface area (Å²) in [7, 11) is 6.98. The van der Waals surface area contributed by atoms with Gasteiger partial charge in [-0.3, -0.25) is 44.1 Å². The van der Waals surface area contributed by atoms with Crippen LogP contribution in [0.5, 0.6) is 11.5 Å². The fourth-order valence-corrected chi connectivity index (χ4v) is 7.38. The number of carbonyl (C=O) groups excluding carboxylic acids is 4. The molecular formula is C37H38N6O7. The van der Waals surface area contributed by atoms with E-state index in [1.165, 1.54) is 0 Å². The van der Waals surface area contributed by atoms with Crippen molar-refractivity contribution in [1.29, 1.82) is 0 Å². The molecule has 2 atom stereocenters. The molecule has 3 aliphatic rings. The summed E-state index contributed by atoms with van der Waals surface area (Å²) in [6.45, 7) is 2.63. The van der Waals surface area contributed by atoms with E-state index in [4.69, 9.17) is 9.47 Å². The molecule has 1 N–H and O–H groups in total. The number of nitrogens with one attached hydrogen (secondary N) is 1. The highest BCUT2D eigenvalue weighted by Gasteiger charge is 2.45. The molecule has 0 radical (unpaired) electrons. The van der Waals surface area contributed by atoms with E-state index in [-0.39, 0.29) is 30.0 Å². The number of likely N-dealkylation sites (tertiary alicyclic amines) is 1. The van der Waals surface area contributed by atoms with Crippen LogP contribution in [0.25, 0.3) is 21.9 Å². The van der Waals surface area contributed by atoms with Crippen LogP contribution in [0.1, 0.15) is 51.1 Å². The van der Waals surface area contributed by atoms with Gasteiger partial charge in [-0.15, -0.1) is 0 Å². The van der Waals surface area contributed by atoms with Crippen molar-refractivity contribution in [3.63, 3.8) is 0 Å². The molecule has 4 amide bonds. The number of hydrogen-bond acceptors (Lipinski definition) is 10. The van der Waals surface area contributed by atoms with E-state index in [0.717, 1.165) is 39.9 Å². The fourth-order valence-electron chi connectivity index (χ4n) is 7.38. The third kappa shape index (κ3) is 5.71. The zero-order valence-corrected chi connectivity index (χ0v) is 28.4. The van der Waals surface area contributed by atoms with Crippen molar-refractivity contribution in [1.82, 2.24) is 29.6 Å². The molecular weight excluding hydrogens is 640 g/mol. The van der Waals surface area contributed by atoms with Crippen LogP contribution in [0, 0.1) is 0 Å². The SMILES string of the molecule is COc1cc(-c2cn(C)c(=O)c3cnccc23)cc(OC)c1CN1CC[C@H]1CN(C)Cc1cccc2c1C(=O)N(C1CCC(=O)NC1=O)C2=O. The van der Waals surface area contributed by atoms with Crippen molar-refractivity contribution in [2.24, 2.45) is 7.05 Å². The summed E-state index contributed by atoms with van der Waals surface area (Å²) < 4.78 is 13.4. The quantitative estimate of drug-likeness (QED) is 0.249. The lowest BCUT2D eigenvalue weighted by atomic mass is 9.96. The Morgan fingerprint density at radius 3 is 2.40 bits per heavy atom. The average molecular weight is 679 g/mol. The van der Waals surface area contributed by atoms with Gasteiger partial charge >= 0.3 is 0 Å². The van der Waals surface area contributed by atoms with E-state index in [1.807, 2.05) is 37.5 Å². The van der Waals surface area contributed by atoms with E-state index < -0.39 is 29.7 Å². The van der Waals surface area contributed by atoms with E-state index >= 15 is 0 Å². The molecule has 0 aliphatic carbocycles. The van der Waals surface area contributed by atoms with Crippen molar-refractivity contribution < 1.29 is 28.7 Å². The van der Waals surface area contributed by atoms with Gasteiger partial charge in [-0.1, -0.05) is 12.1 Å². The molecule has 2 aromatic heterocycles. The smallest absolute Gasteiger partial charge is 0.262 e. The van der Waals surface area contributed by atoms with Gasteiger partial charge < -0.3 is 18.9 Å². The number of amides is 4. The molecule has 7 rings (SSSR count). The van der Waals surface area contributed by atoms with E-state index in [2.05, 4.69) is 20.1 Å². The Hall–Kier alpha value is -5.40. The summed E-state index contributed by atoms with van der Waals surface area (Å²) in [5.74, 6) is -0.683. The van der Waals surface area contributed by atoms with Crippen LogP contribution in [-0.4, -0.2) is 94.3 Å². The Kier molecular flexibility index (Phi) is 8.70. The summed E-state index contributed by atoms with van der Waals surface area (Å²) in [4.78, 5) is 73.5. The average Bonchev–Trinajstić information content (AvgIpc) is 3.36. The standard InChI is InChI=1S/C37H38N6O7/c1-40(17-21-6-5-7-25-33(21)37(48)43(36(25)47)29-8-9-32(44)39-34(29)45)18-23-11-13-42(23)20-28-30(49-3)14-22(15-31(28)50-4)27-19-41(2)35(46)26-16-38-12-10-24(26)27/h5-7,10,12,14-16,19,23,29H,8-9,11,13,17-18,20H2,1-4H3,(H,39,44,45)/t23-,29?/m0/s1. The first-order valence-electron chi connectivity index (χ1n) is 16.5. The second-order valence-corrected chi connectivity index (χ2v) is 13.1. The lowest BCUT2D eigenvalue weighted by Gasteiger charge is -2.43. The maximum absolute atomic E-state index is 13.6. The highest BCUT2D eigenvalue weighted by Crippen LogP contribution is 2.39. The zero-order chi connectivity index (χ0) is 35.3. The second-order valence-electron chi connectivity index (χ2n) is 13.1. The van der Waals surface area contributed by atoms with Gasteiger partial charge in [-0.2, -0.15) is 0 Å². The number of imide groups is 2. The zero-order valence-electron chi connectivity index (χ0n) is 28.4. The van der Waals surface area contributed by atoms with Crippen molar-refractivity contribution >= 4 is 34.4 Å². The summed E-state index contributed by atoms with van der Waals surface area (Å²) in [5.41, 5.74) is 3.83. The highest BCUT2D eigenvalue weighted by molar-refractivity contribution is 6.24. The molecule has 50 heavy (non-hydrogen) atoms. The molecule has 2 fully saturated rings. The highest BCUT2D eigenvalue weighted by atomic mass is 16.5. The van der Waals surface area contributed by atoms with Gasteiger partial charge in [0.1, 0.15) is 17.5 Å². The van der Waals surface area contributed by atoms with Crippen molar-refractivity contribution in [2.75, 3.05) is 34.4 Å². The van der Waals surface area contributed by atoms with Gasteiger partial charge in [0, 0.05) is 69.8 Å². The second kappa shape index (κ2) is 13.1. The number of benzene rings is 2. The third-order valence-electron chi connectivity index (χ3n) is 10.0. The van der Waals surface area contributed by atoms with Gasteiger partial charge in [-0.25, -0.2) is 0 Å². The summed E-state index contributed by atoms with van der Waals surface area (Å²) in [6, 6.07) is 10.2. The molecule has 1 unspecified atom stereocenters. The Morgan fingerprint density at radius 1 is 0.960 bits per heavy atom. The van der Waals surface area contributed by atoms with Crippen molar-refractivity contribution in [3.05, 3.63) is 87.6 Å². The number of aryl methyl sites for hydroxylation is 1. The normalized spacial score (nSPS) is 19.2. The van der Waals surface area contributed by atoms with Crippen LogP contribution in [0.4, 0.5) is 0 Å². The monoisotopic (exact) mass is 678 g/mol. The Balaban J connectivity index is 1.07. The number of likely N-dealkylation sites (N-methyl/N-ethyl adjacent to an activating group) is 1. The minimum Gasteiger partial charge on any atom is -0.496 e. The van der Waals surface area contributed by atoms with E-state index in [1.54, 1.807) is 50.4 Å². The predicted molar refractivity (Wildman–Crippen MR) is 184 cm³/mol. The van der Waals surface area contributed by atoms with Crippen LogP contribution >= 0.6 is 0 Å². The molecule has 0 spiro atoms. The molecule has 4 aromatic rings. The van der Waals surface area contributed by atoms with Crippen LogP contribution in [0.3, 0.4) is 0 Å². The molecule has 13 nitrogen and oxygen atoms in total. The third-order valence-corrected chi connectivity index (χ3v) is 10.0. The van der Waals surface area contributed by atoms with Crippen LogP contribution in [0.15, 0.2) is 59.8 Å². The number of rotatable bonds is 10.